The van der Waals surface area contributed by atoms with Gasteiger partial charge >= 0.3 is 0 Å². The Bertz CT molecular complexity index is 1170. The third-order valence-corrected chi connectivity index (χ3v) is 6.34. The summed E-state index contributed by atoms with van der Waals surface area (Å²) >= 11 is 7.44. The lowest BCUT2D eigenvalue weighted by molar-refractivity contribution is 0.598. The summed E-state index contributed by atoms with van der Waals surface area (Å²) in [4.78, 5) is 7.41. The van der Waals surface area contributed by atoms with Crippen molar-refractivity contribution < 1.29 is 8.42 Å². The van der Waals surface area contributed by atoms with Crippen molar-refractivity contribution in [2.45, 2.75) is 4.90 Å². The molecule has 0 radical (unpaired) electrons. The van der Waals surface area contributed by atoms with Gasteiger partial charge in [0.25, 0.3) is 0 Å². The Morgan fingerprint density at radius 3 is 2.54 bits per heavy atom. The molecule has 0 saturated carbocycles. The van der Waals surface area contributed by atoms with Gasteiger partial charge in [-0.25, -0.2) is 18.5 Å². The predicted molar refractivity (Wildman–Crippen MR) is 121 cm³/mol. The highest BCUT2D eigenvalue weighted by Crippen LogP contribution is 2.28. The fourth-order valence-electron chi connectivity index (χ4n) is 2.56. The predicted octanol–water partition coefficient (Wildman–Crippen LogP) is 3.93. The average Bonchev–Trinajstić information content (AvgIpc) is 2.95. The van der Waals surface area contributed by atoms with Gasteiger partial charge < -0.3 is 9.47 Å². The highest BCUT2D eigenvalue weighted by molar-refractivity contribution is 8.93. The van der Waals surface area contributed by atoms with Crippen LogP contribution in [-0.4, -0.2) is 27.1 Å². The van der Waals surface area contributed by atoms with Crippen LogP contribution in [-0.2, 0) is 17.1 Å². The highest BCUT2D eigenvalue weighted by atomic mass is 79.9. The first-order chi connectivity index (χ1) is 12.7. The molecule has 0 atom stereocenters. The van der Waals surface area contributed by atoms with E-state index >= 15 is 0 Å². The zero-order chi connectivity index (χ0) is 19.8. The van der Waals surface area contributed by atoms with Crippen LogP contribution >= 0.6 is 39.9 Å². The zero-order valence-corrected chi connectivity index (χ0v) is 19.6. The van der Waals surface area contributed by atoms with Crippen molar-refractivity contribution in [3.8, 4) is 11.3 Å². The minimum absolute atomic E-state index is 0. The van der Waals surface area contributed by atoms with Crippen LogP contribution in [0.15, 0.2) is 57.7 Å². The zero-order valence-electron chi connectivity index (χ0n) is 15.5. The lowest BCUT2D eigenvalue weighted by Gasteiger charge is -2.12. The smallest absolute Gasteiger partial charge is 0.239 e. The van der Waals surface area contributed by atoms with E-state index in [-0.39, 0.29) is 26.9 Å². The van der Waals surface area contributed by atoms with Gasteiger partial charge in [-0.3, -0.25) is 0 Å². The number of sulfonamides is 1. The van der Waals surface area contributed by atoms with Crippen LogP contribution in [0.2, 0.25) is 5.02 Å². The van der Waals surface area contributed by atoms with E-state index in [4.69, 9.17) is 21.7 Å². The molecule has 0 bridgehead atoms. The van der Waals surface area contributed by atoms with Crippen molar-refractivity contribution in [1.82, 2.24) is 4.57 Å². The first-order valence-electron chi connectivity index (χ1n) is 7.96. The van der Waals surface area contributed by atoms with Gasteiger partial charge in [0.15, 0.2) is 4.80 Å². The summed E-state index contributed by atoms with van der Waals surface area (Å²) in [6, 6.07) is 12.7. The van der Waals surface area contributed by atoms with E-state index in [1.165, 1.54) is 23.5 Å². The normalized spacial score (nSPS) is 12.0. The molecule has 6 nitrogen and oxygen atoms in total. The summed E-state index contributed by atoms with van der Waals surface area (Å²) in [5.41, 5.74) is 3.42. The van der Waals surface area contributed by atoms with E-state index in [9.17, 15) is 8.42 Å². The molecule has 0 fully saturated rings. The van der Waals surface area contributed by atoms with Crippen LogP contribution in [0, 0.1) is 0 Å². The van der Waals surface area contributed by atoms with E-state index in [0.717, 1.165) is 21.9 Å². The van der Waals surface area contributed by atoms with E-state index in [2.05, 4.69) is 0 Å². The number of halogens is 2. The Kier molecular flexibility index (Phi) is 7.11. The minimum Gasteiger partial charge on any atom is -0.378 e. The number of anilines is 1. The van der Waals surface area contributed by atoms with Crippen LogP contribution in [0.4, 0.5) is 11.4 Å². The molecule has 0 spiro atoms. The summed E-state index contributed by atoms with van der Waals surface area (Å²) < 4.78 is 25.4. The number of primary sulfonamides is 1. The van der Waals surface area contributed by atoms with Gasteiger partial charge in [0.1, 0.15) is 4.90 Å². The largest absolute Gasteiger partial charge is 0.378 e. The SMILES string of the molecule is Br.CN(C)c1cccc(N=c2scc(-c3ccc(Cl)c(S(N)(=O)=O)c3)n2C)c1. The molecule has 0 unspecified atom stereocenters. The lowest BCUT2D eigenvalue weighted by atomic mass is 10.2. The summed E-state index contributed by atoms with van der Waals surface area (Å²) in [6.45, 7) is 0. The highest BCUT2D eigenvalue weighted by Gasteiger charge is 2.15. The Hall–Kier alpha value is -1.65. The fourth-order valence-corrected chi connectivity index (χ4v) is 4.56. The molecular weight excluding hydrogens is 484 g/mol. The number of aromatic nitrogens is 1. The van der Waals surface area contributed by atoms with Gasteiger partial charge in [-0.05, 0) is 30.3 Å². The van der Waals surface area contributed by atoms with Crippen molar-refractivity contribution in [2.24, 2.45) is 17.2 Å². The van der Waals surface area contributed by atoms with Crippen LogP contribution < -0.4 is 14.8 Å². The molecule has 0 saturated heterocycles. The Morgan fingerprint density at radius 2 is 1.89 bits per heavy atom. The van der Waals surface area contributed by atoms with E-state index in [1.54, 1.807) is 6.07 Å². The second-order valence-corrected chi connectivity index (χ2v) is 8.95. The molecule has 2 N–H and O–H groups in total. The lowest BCUT2D eigenvalue weighted by Crippen LogP contribution is -2.14. The number of rotatable bonds is 4. The Morgan fingerprint density at radius 1 is 1.18 bits per heavy atom. The van der Waals surface area contributed by atoms with E-state index < -0.39 is 10.0 Å². The van der Waals surface area contributed by atoms with Crippen molar-refractivity contribution in [3.63, 3.8) is 0 Å². The molecule has 0 amide bonds. The number of nitrogens with zero attached hydrogens (tertiary/aromatic N) is 3. The van der Waals surface area contributed by atoms with Gasteiger partial charge in [0.05, 0.1) is 16.4 Å². The average molecular weight is 504 g/mol. The second kappa shape index (κ2) is 8.79. The van der Waals surface area contributed by atoms with Gasteiger partial charge in [0, 0.05) is 37.8 Å². The van der Waals surface area contributed by atoms with Crippen molar-refractivity contribution in [2.75, 3.05) is 19.0 Å². The summed E-state index contributed by atoms with van der Waals surface area (Å²) in [5, 5.41) is 7.27. The first-order valence-corrected chi connectivity index (χ1v) is 10.8. The molecule has 1 heterocycles. The molecule has 1 aromatic heterocycles. The van der Waals surface area contributed by atoms with Gasteiger partial charge in [-0.15, -0.1) is 28.3 Å². The monoisotopic (exact) mass is 502 g/mol. The maximum atomic E-state index is 11.7. The molecule has 2 aromatic carbocycles. The van der Waals surface area contributed by atoms with Crippen molar-refractivity contribution >= 4 is 61.3 Å². The van der Waals surface area contributed by atoms with Crippen molar-refractivity contribution in [1.29, 1.82) is 0 Å². The van der Waals surface area contributed by atoms with Crippen LogP contribution in [0.3, 0.4) is 0 Å². The molecule has 10 heteroatoms. The third-order valence-electron chi connectivity index (χ3n) is 4.03. The van der Waals surface area contributed by atoms with Crippen molar-refractivity contribution in [3.05, 3.63) is 57.7 Å². The molecular formula is C18H20BrClN4O2S2. The van der Waals surface area contributed by atoms with E-state index in [1.807, 2.05) is 60.3 Å². The van der Waals surface area contributed by atoms with Crippen LogP contribution in [0.25, 0.3) is 11.3 Å². The van der Waals surface area contributed by atoms with Gasteiger partial charge in [0.2, 0.25) is 10.0 Å². The molecule has 0 aliphatic heterocycles. The Labute approximate surface area is 183 Å². The molecule has 0 aliphatic carbocycles. The Balaban J connectivity index is 0.00000280. The summed E-state index contributed by atoms with van der Waals surface area (Å²) in [6.07, 6.45) is 0. The van der Waals surface area contributed by atoms with Gasteiger partial charge in [-0.2, -0.15) is 0 Å². The third kappa shape index (κ3) is 4.84. The van der Waals surface area contributed by atoms with E-state index in [0.29, 0.717) is 5.56 Å². The summed E-state index contributed by atoms with van der Waals surface area (Å²) in [5.74, 6) is 0. The molecule has 3 aromatic rings. The molecule has 28 heavy (non-hydrogen) atoms. The molecule has 150 valence electrons. The number of hydrogen-bond acceptors (Lipinski definition) is 5. The number of thiazole rings is 1. The second-order valence-electron chi connectivity index (χ2n) is 6.18. The standard InChI is InChI=1S/C18H19ClN4O2S2.BrH/c1-22(2)14-6-4-5-13(10-14)21-18-23(3)16(11-26-18)12-7-8-15(19)17(9-12)27(20,24)25;/h4-11H,1-3H3,(H2,20,24,25);1H. The quantitative estimate of drug-likeness (QED) is 0.586. The number of hydrogen-bond donors (Lipinski definition) is 1. The molecule has 3 rings (SSSR count). The number of benzene rings is 2. The first kappa shape index (κ1) is 22.6. The minimum atomic E-state index is -3.90. The van der Waals surface area contributed by atoms with Crippen LogP contribution in [0.1, 0.15) is 0 Å². The summed E-state index contributed by atoms with van der Waals surface area (Å²) in [7, 11) is 1.94. The topological polar surface area (TPSA) is 80.7 Å². The maximum absolute atomic E-state index is 11.7. The number of nitrogens with two attached hydrogens (primary N) is 1. The molecule has 0 aliphatic rings. The fraction of sp³-hybridized carbons (Fsp3) is 0.167. The van der Waals surface area contributed by atoms with Gasteiger partial charge in [-0.1, -0.05) is 23.7 Å². The maximum Gasteiger partial charge on any atom is 0.239 e. The van der Waals surface area contributed by atoms with Crippen LogP contribution in [0.5, 0.6) is 0 Å².